The van der Waals surface area contributed by atoms with Crippen molar-refractivity contribution in [3.63, 3.8) is 0 Å². The second-order valence-electron chi connectivity index (χ2n) is 3.70. The van der Waals surface area contributed by atoms with Crippen molar-refractivity contribution in [1.82, 2.24) is 4.57 Å². The summed E-state index contributed by atoms with van der Waals surface area (Å²) in [5, 5.41) is -0.485. The fraction of sp³-hybridized carbons (Fsp3) is 0.0833. The smallest absolute Gasteiger partial charge is 0.281 e. The molecular formula is C12H6Cl2F3NO. The predicted molar refractivity (Wildman–Crippen MR) is 67.1 cm³/mol. The van der Waals surface area contributed by atoms with E-state index in [9.17, 15) is 18.0 Å². The molecule has 0 amide bonds. The first-order valence-electron chi connectivity index (χ1n) is 5.05. The van der Waals surface area contributed by atoms with E-state index in [1.165, 1.54) is 18.3 Å². The van der Waals surface area contributed by atoms with Gasteiger partial charge in [0.15, 0.2) is 0 Å². The number of aromatic nitrogens is 1. The highest BCUT2D eigenvalue weighted by Gasteiger charge is 2.32. The van der Waals surface area contributed by atoms with Crippen LogP contribution in [0, 0.1) is 0 Å². The van der Waals surface area contributed by atoms with E-state index >= 15 is 0 Å². The highest BCUT2D eigenvalue weighted by Crippen LogP contribution is 2.36. The molecule has 19 heavy (non-hydrogen) atoms. The number of hydrogen-bond acceptors (Lipinski definition) is 1. The molecule has 0 saturated carbocycles. The van der Waals surface area contributed by atoms with Crippen LogP contribution in [-0.4, -0.2) is 4.57 Å². The van der Waals surface area contributed by atoms with Crippen molar-refractivity contribution in [1.29, 1.82) is 0 Å². The van der Waals surface area contributed by atoms with Gasteiger partial charge < -0.3 is 0 Å². The highest BCUT2D eigenvalue weighted by atomic mass is 35.5. The maximum Gasteiger partial charge on any atom is 0.416 e. The molecule has 0 saturated heterocycles. The van der Waals surface area contributed by atoms with E-state index in [0.29, 0.717) is 0 Å². The van der Waals surface area contributed by atoms with Crippen LogP contribution in [0.2, 0.25) is 10.0 Å². The molecule has 0 atom stereocenters. The van der Waals surface area contributed by atoms with Gasteiger partial charge in [0, 0.05) is 12.3 Å². The Bertz CT molecular complexity index is 656. The Morgan fingerprint density at radius 1 is 1.05 bits per heavy atom. The van der Waals surface area contributed by atoms with Gasteiger partial charge in [-0.1, -0.05) is 29.3 Å². The molecule has 0 aliphatic heterocycles. The van der Waals surface area contributed by atoms with Gasteiger partial charge in [-0.15, -0.1) is 0 Å². The molecule has 0 aliphatic rings. The van der Waals surface area contributed by atoms with Gasteiger partial charge in [-0.05, 0) is 18.2 Å². The monoisotopic (exact) mass is 307 g/mol. The lowest BCUT2D eigenvalue weighted by molar-refractivity contribution is -0.137. The molecule has 100 valence electrons. The number of rotatable bonds is 1. The second kappa shape index (κ2) is 4.90. The maximum absolute atomic E-state index is 12.6. The van der Waals surface area contributed by atoms with Crippen LogP contribution in [0.3, 0.4) is 0 Å². The molecule has 0 aliphatic carbocycles. The molecule has 0 unspecified atom stereocenters. The van der Waals surface area contributed by atoms with E-state index < -0.39 is 17.3 Å². The lowest BCUT2D eigenvalue weighted by atomic mass is 10.2. The largest absolute Gasteiger partial charge is 0.416 e. The lowest BCUT2D eigenvalue weighted by Gasteiger charge is -2.13. The molecule has 0 N–H and O–H groups in total. The van der Waals surface area contributed by atoms with Gasteiger partial charge in [-0.3, -0.25) is 9.36 Å². The summed E-state index contributed by atoms with van der Waals surface area (Å²) >= 11 is 11.6. The predicted octanol–water partition coefficient (Wildman–Crippen LogP) is 4.16. The molecule has 0 radical (unpaired) electrons. The Morgan fingerprint density at radius 3 is 2.11 bits per heavy atom. The normalized spacial score (nSPS) is 11.6. The minimum atomic E-state index is -4.55. The number of benzene rings is 1. The molecule has 0 bridgehead atoms. The summed E-state index contributed by atoms with van der Waals surface area (Å²) in [6, 6.07) is 5.78. The molecule has 2 aromatic rings. The SMILES string of the molecule is O=c1ccccn1-c1c(Cl)cc(C(F)(F)F)cc1Cl. The van der Waals surface area contributed by atoms with Crippen LogP contribution >= 0.6 is 23.2 Å². The second-order valence-corrected chi connectivity index (χ2v) is 4.51. The van der Waals surface area contributed by atoms with E-state index in [2.05, 4.69) is 0 Å². The Balaban J connectivity index is 2.68. The van der Waals surface area contributed by atoms with Gasteiger partial charge in [0.05, 0.1) is 21.3 Å². The van der Waals surface area contributed by atoms with Crippen molar-refractivity contribution in [3.8, 4) is 5.69 Å². The van der Waals surface area contributed by atoms with Crippen LogP contribution in [0.5, 0.6) is 0 Å². The van der Waals surface area contributed by atoms with E-state index in [1.807, 2.05) is 0 Å². The zero-order valence-corrected chi connectivity index (χ0v) is 10.7. The fourth-order valence-electron chi connectivity index (χ4n) is 1.57. The van der Waals surface area contributed by atoms with Crippen molar-refractivity contribution in [2.75, 3.05) is 0 Å². The molecule has 2 nitrogen and oxygen atoms in total. The first-order valence-corrected chi connectivity index (χ1v) is 5.80. The van der Waals surface area contributed by atoms with Crippen LogP contribution in [-0.2, 0) is 6.18 Å². The summed E-state index contributed by atoms with van der Waals surface area (Å²) in [4.78, 5) is 11.6. The summed E-state index contributed by atoms with van der Waals surface area (Å²) in [6.45, 7) is 0. The van der Waals surface area contributed by atoms with Crippen LogP contribution in [0.25, 0.3) is 5.69 Å². The van der Waals surface area contributed by atoms with Gasteiger partial charge in [0.2, 0.25) is 0 Å². The van der Waals surface area contributed by atoms with Gasteiger partial charge in [0.1, 0.15) is 0 Å². The van der Waals surface area contributed by atoms with Crippen molar-refractivity contribution >= 4 is 23.2 Å². The average molecular weight is 308 g/mol. The maximum atomic E-state index is 12.6. The van der Waals surface area contributed by atoms with Crippen molar-refractivity contribution < 1.29 is 13.2 Å². The van der Waals surface area contributed by atoms with Gasteiger partial charge in [-0.2, -0.15) is 13.2 Å². The van der Waals surface area contributed by atoms with Crippen LogP contribution < -0.4 is 5.56 Å². The van der Waals surface area contributed by atoms with Crippen LogP contribution in [0.1, 0.15) is 5.56 Å². The van der Waals surface area contributed by atoms with Gasteiger partial charge in [0.25, 0.3) is 5.56 Å². The number of nitrogens with zero attached hydrogens (tertiary/aromatic N) is 1. The fourth-order valence-corrected chi connectivity index (χ4v) is 2.24. The number of alkyl halides is 3. The third kappa shape index (κ3) is 2.77. The molecule has 0 spiro atoms. The topological polar surface area (TPSA) is 22.0 Å². The Hall–Kier alpha value is -1.46. The first kappa shape index (κ1) is 14.0. The average Bonchev–Trinajstić information content (AvgIpc) is 2.29. The summed E-state index contributed by atoms with van der Waals surface area (Å²) in [6.07, 6.45) is -3.17. The molecule has 7 heteroatoms. The zero-order valence-electron chi connectivity index (χ0n) is 9.21. The van der Waals surface area contributed by atoms with Crippen LogP contribution in [0.4, 0.5) is 13.2 Å². The van der Waals surface area contributed by atoms with Crippen LogP contribution in [0.15, 0.2) is 41.3 Å². The summed E-state index contributed by atoms with van der Waals surface area (Å²) in [7, 11) is 0. The minimum absolute atomic E-state index is 0.0296. The Labute approximate surface area is 116 Å². The Kier molecular flexibility index (Phi) is 3.60. The summed E-state index contributed by atoms with van der Waals surface area (Å²) in [5.41, 5.74) is -1.37. The molecular weight excluding hydrogens is 302 g/mol. The number of halogens is 5. The molecule has 1 heterocycles. The number of hydrogen-bond donors (Lipinski definition) is 0. The highest BCUT2D eigenvalue weighted by molar-refractivity contribution is 6.37. The molecule has 1 aromatic heterocycles. The summed E-state index contributed by atoms with van der Waals surface area (Å²) < 4.78 is 38.8. The van der Waals surface area contributed by atoms with Crippen molar-refractivity contribution in [2.45, 2.75) is 6.18 Å². The first-order chi connectivity index (χ1) is 8.80. The molecule has 0 fully saturated rings. The Morgan fingerprint density at radius 2 is 1.63 bits per heavy atom. The third-order valence-electron chi connectivity index (χ3n) is 2.41. The van der Waals surface area contributed by atoms with E-state index in [4.69, 9.17) is 23.2 Å². The minimum Gasteiger partial charge on any atom is -0.281 e. The lowest BCUT2D eigenvalue weighted by Crippen LogP contribution is -2.17. The number of pyridine rings is 1. The van der Waals surface area contributed by atoms with E-state index in [0.717, 1.165) is 16.7 Å². The third-order valence-corrected chi connectivity index (χ3v) is 2.98. The van der Waals surface area contributed by atoms with E-state index in [1.54, 1.807) is 6.07 Å². The van der Waals surface area contributed by atoms with Gasteiger partial charge in [-0.25, -0.2) is 0 Å². The van der Waals surface area contributed by atoms with Crippen molar-refractivity contribution in [2.24, 2.45) is 0 Å². The molecule has 1 aromatic carbocycles. The standard InChI is InChI=1S/C12H6Cl2F3NO/c13-8-5-7(12(15,16)17)6-9(14)11(8)18-4-2-1-3-10(18)19/h1-6H. The van der Waals surface area contributed by atoms with E-state index in [-0.39, 0.29) is 15.7 Å². The van der Waals surface area contributed by atoms with Gasteiger partial charge >= 0.3 is 6.18 Å². The quantitative estimate of drug-likeness (QED) is 0.775. The zero-order chi connectivity index (χ0) is 14.2. The molecule has 2 rings (SSSR count). The van der Waals surface area contributed by atoms with Crippen molar-refractivity contribution in [3.05, 3.63) is 62.5 Å². The summed E-state index contributed by atoms with van der Waals surface area (Å²) in [5.74, 6) is 0.